The molecule has 0 saturated carbocycles. The first-order chi connectivity index (χ1) is 13.4. The van der Waals surface area contributed by atoms with Crippen molar-refractivity contribution < 1.29 is 18.4 Å². The van der Waals surface area contributed by atoms with Crippen LogP contribution < -0.4 is 5.32 Å². The summed E-state index contributed by atoms with van der Waals surface area (Å²) in [5.74, 6) is -1.18. The first kappa shape index (κ1) is 21.5. The number of hydrogen-bond donors (Lipinski definition) is 1. The van der Waals surface area contributed by atoms with Crippen LogP contribution in [-0.4, -0.2) is 29.3 Å². The van der Waals surface area contributed by atoms with Gasteiger partial charge in [0.1, 0.15) is 17.7 Å². The maximum absolute atomic E-state index is 13.2. The van der Waals surface area contributed by atoms with E-state index in [1.165, 1.54) is 29.2 Å². The Morgan fingerprint density at radius 2 is 1.46 bits per heavy atom. The van der Waals surface area contributed by atoms with Gasteiger partial charge in [-0.25, -0.2) is 8.78 Å². The molecule has 0 aliphatic heterocycles. The molecule has 1 unspecified atom stereocenters. The van der Waals surface area contributed by atoms with Gasteiger partial charge in [-0.15, -0.1) is 0 Å². The number of nitrogens with one attached hydrogen (secondary N) is 1. The van der Waals surface area contributed by atoms with Crippen LogP contribution in [0.5, 0.6) is 0 Å². The van der Waals surface area contributed by atoms with Crippen molar-refractivity contribution in [2.24, 2.45) is 0 Å². The van der Waals surface area contributed by atoms with Crippen molar-refractivity contribution in [3.63, 3.8) is 0 Å². The maximum atomic E-state index is 13.2. The molecule has 1 atom stereocenters. The second-order valence-electron chi connectivity index (χ2n) is 6.67. The summed E-state index contributed by atoms with van der Waals surface area (Å²) >= 11 is 0. The molecule has 0 radical (unpaired) electrons. The van der Waals surface area contributed by atoms with Crippen molar-refractivity contribution in [2.45, 2.75) is 45.7 Å². The van der Waals surface area contributed by atoms with Gasteiger partial charge in [0, 0.05) is 13.1 Å². The van der Waals surface area contributed by atoms with Gasteiger partial charge in [0.15, 0.2) is 0 Å². The molecule has 0 heterocycles. The molecule has 28 heavy (non-hydrogen) atoms. The smallest absolute Gasteiger partial charge is 0.242 e. The first-order valence-corrected chi connectivity index (χ1v) is 9.50. The minimum atomic E-state index is -0.635. The molecule has 2 rings (SSSR count). The lowest BCUT2D eigenvalue weighted by Crippen LogP contribution is -2.49. The lowest BCUT2D eigenvalue weighted by atomic mass is 10.1. The predicted octanol–water partition coefficient (Wildman–Crippen LogP) is 3.84. The van der Waals surface area contributed by atoms with Gasteiger partial charge in [0.25, 0.3) is 0 Å². The fraction of sp³-hybridized carbons (Fsp3) is 0.364. The Bertz CT molecular complexity index is 776. The molecule has 0 saturated heterocycles. The molecular weight excluding hydrogens is 362 g/mol. The highest BCUT2D eigenvalue weighted by atomic mass is 19.1. The monoisotopic (exact) mass is 388 g/mol. The fourth-order valence-electron chi connectivity index (χ4n) is 2.95. The number of carbonyl (C=O) groups excluding carboxylic acids is 2. The van der Waals surface area contributed by atoms with Crippen molar-refractivity contribution in [1.29, 1.82) is 0 Å². The summed E-state index contributed by atoms with van der Waals surface area (Å²) in [6.07, 6.45) is 1.30. The molecule has 150 valence electrons. The molecule has 2 aromatic rings. The molecule has 0 fully saturated rings. The van der Waals surface area contributed by atoms with Crippen LogP contribution in [0.1, 0.15) is 37.8 Å². The number of hydrogen-bond acceptors (Lipinski definition) is 2. The average molecular weight is 388 g/mol. The van der Waals surface area contributed by atoms with Crippen molar-refractivity contribution in [3.8, 4) is 0 Å². The summed E-state index contributed by atoms with van der Waals surface area (Å²) in [6.45, 7) is 4.53. The lowest BCUT2D eigenvalue weighted by Gasteiger charge is -2.30. The quantitative estimate of drug-likeness (QED) is 0.710. The number of benzene rings is 2. The predicted molar refractivity (Wildman–Crippen MR) is 104 cm³/mol. The highest BCUT2D eigenvalue weighted by molar-refractivity contribution is 5.88. The molecule has 2 amide bonds. The molecule has 0 aliphatic carbocycles. The Morgan fingerprint density at radius 1 is 0.929 bits per heavy atom. The van der Waals surface area contributed by atoms with Crippen molar-refractivity contribution in [1.82, 2.24) is 10.2 Å². The maximum Gasteiger partial charge on any atom is 0.242 e. The number of amides is 2. The van der Waals surface area contributed by atoms with Crippen LogP contribution in [0.25, 0.3) is 0 Å². The van der Waals surface area contributed by atoms with Gasteiger partial charge in [0.2, 0.25) is 11.8 Å². The van der Waals surface area contributed by atoms with Crippen molar-refractivity contribution in [3.05, 3.63) is 71.3 Å². The molecule has 0 aliphatic rings. The summed E-state index contributed by atoms with van der Waals surface area (Å²) in [6, 6.07) is 10.9. The first-order valence-electron chi connectivity index (χ1n) is 9.50. The van der Waals surface area contributed by atoms with E-state index >= 15 is 0 Å². The van der Waals surface area contributed by atoms with Crippen LogP contribution in [0, 0.1) is 11.6 Å². The number of carbonyl (C=O) groups is 2. The minimum absolute atomic E-state index is 0.0546. The van der Waals surface area contributed by atoms with E-state index in [0.717, 1.165) is 12.0 Å². The normalized spacial score (nSPS) is 11.7. The van der Waals surface area contributed by atoms with Crippen LogP contribution in [0.2, 0.25) is 0 Å². The standard InChI is InChI=1S/C22H26F2N2O2/c1-3-13-25-22(28)20(4-2)26(15-17-7-11-19(24)12-8-17)21(27)14-16-5-9-18(23)10-6-16/h5-12,20H,3-4,13-15H2,1-2H3,(H,25,28). The summed E-state index contributed by atoms with van der Waals surface area (Å²) in [5.41, 5.74) is 1.40. The summed E-state index contributed by atoms with van der Waals surface area (Å²) in [7, 11) is 0. The van der Waals surface area contributed by atoms with E-state index < -0.39 is 6.04 Å². The van der Waals surface area contributed by atoms with Gasteiger partial charge in [-0.1, -0.05) is 38.1 Å². The van der Waals surface area contributed by atoms with Gasteiger partial charge < -0.3 is 10.2 Å². The Kier molecular flexibility index (Phi) is 8.11. The molecule has 4 nitrogen and oxygen atoms in total. The van der Waals surface area contributed by atoms with Crippen LogP contribution in [0.3, 0.4) is 0 Å². The van der Waals surface area contributed by atoms with Crippen LogP contribution in [0.4, 0.5) is 8.78 Å². The summed E-state index contributed by atoms with van der Waals surface area (Å²) < 4.78 is 26.4. The Labute approximate surface area is 164 Å². The molecule has 6 heteroatoms. The van der Waals surface area contributed by atoms with Gasteiger partial charge in [0.05, 0.1) is 6.42 Å². The van der Waals surface area contributed by atoms with E-state index in [1.807, 2.05) is 13.8 Å². The molecule has 0 spiro atoms. The second kappa shape index (κ2) is 10.5. The van der Waals surface area contributed by atoms with Crippen molar-refractivity contribution in [2.75, 3.05) is 6.54 Å². The zero-order valence-corrected chi connectivity index (χ0v) is 16.3. The van der Waals surface area contributed by atoms with E-state index in [1.54, 1.807) is 24.3 Å². The largest absolute Gasteiger partial charge is 0.354 e. The van der Waals surface area contributed by atoms with Crippen LogP contribution in [-0.2, 0) is 22.6 Å². The van der Waals surface area contributed by atoms with E-state index in [4.69, 9.17) is 0 Å². The Morgan fingerprint density at radius 3 is 1.96 bits per heavy atom. The Balaban J connectivity index is 2.24. The molecule has 1 N–H and O–H groups in total. The third kappa shape index (κ3) is 6.15. The zero-order valence-electron chi connectivity index (χ0n) is 16.3. The van der Waals surface area contributed by atoms with Crippen molar-refractivity contribution >= 4 is 11.8 Å². The summed E-state index contributed by atoms with van der Waals surface area (Å²) in [5, 5.41) is 2.84. The van der Waals surface area contributed by atoms with Gasteiger partial charge >= 0.3 is 0 Å². The molecule has 0 bridgehead atoms. The van der Waals surface area contributed by atoms with E-state index in [2.05, 4.69) is 5.32 Å². The van der Waals surface area contributed by atoms with Gasteiger partial charge in [-0.05, 0) is 48.2 Å². The highest BCUT2D eigenvalue weighted by Crippen LogP contribution is 2.15. The van der Waals surface area contributed by atoms with E-state index in [0.29, 0.717) is 18.5 Å². The topological polar surface area (TPSA) is 49.4 Å². The highest BCUT2D eigenvalue weighted by Gasteiger charge is 2.28. The second-order valence-corrected chi connectivity index (χ2v) is 6.67. The SMILES string of the molecule is CCCNC(=O)C(CC)N(Cc1ccc(F)cc1)C(=O)Cc1ccc(F)cc1. The third-order valence-corrected chi connectivity index (χ3v) is 4.47. The van der Waals surface area contributed by atoms with Gasteiger partial charge in [-0.3, -0.25) is 9.59 Å². The fourth-order valence-corrected chi connectivity index (χ4v) is 2.95. The van der Waals surface area contributed by atoms with E-state index in [9.17, 15) is 18.4 Å². The summed E-state index contributed by atoms with van der Waals surface area (Å²) in [4.78, 5) is 27.1. The van der Waals surface area contributed by atoms with E-state index in [-0.39, 0.29) is 36.4 Å². The molecule has 0 aromatic heterocycles. The Hall–Kier alpha value is -2.76. The molecule has 2 aromatic carbocycles. The van der Waals surface area contributed by atoms with Crippen LogP contribution >= 0.6 is 0 Å². The zero-order chi connectivity index (χ0) is 20.5. The van der Waals surface area contributed by atoms with Crippen LogP contribution in [0.15, 0.2) is 48.5 Å². The minimum Gasteiger partial charge on any atom is -0.354 e. The van der Waals surface area contributed by atoms with Gasteiger partial charge in [-0.2, -0.15) is 0 Å². The third-order valence-electron chi connectivity index (χ3n) is 4.47. The average Bonchev–Trinajstić information content (AvgIpc) is 2.69. The molecular formula is C22H26F2N2O2. The number of nitrogens with zero attached hydrogens (tertiary/aromatic N) is 1. The number of rotatable bonds is 9. The number of halogens is 2. The lowest BCUT2D eigenvalue weighted by molar-refractivity contribution is -0.140.